The number of benzene rings is 2. The first kappa shape index (κ1) is 14.8. The number of imidazole rings is 1. The number of nitrogens with zero attached hydrogens (tertiary/aromatic N) is 2. The molecule has 23 heavy (non-hydrogen) atoms. The zero-order chi connectivity index (χ0) is 16.0. The fourth-order valence-electron chi connectivity index (χ4n) is 2.94. The Labute approximate surface area is 139 Å². The van der Waals surface area contributed by atoms with Gasteiger partial charge in [0.2, 0.25) is 0 Å². The second-order valence-electron chi connectivity index (χ2n) is 5.81. The Morgan fingerprint density at radius 1 is 1.17 bits per heavy atom. The van der Waals surface area contributed by atoms with E-state index in [2.05, 4.69) is 9.55 Å². The lowest BCUT2D eigenvalue weighted by Gasteiger charge is -2.14. The molecule has 4 rings (SSSR count). The molecule has 1 aliphatic rings. The average molecular weight is 344 g/mol. The predicted octanol–water partition coefficient (Wildman–Crippen LogP) is 3.47. The van der Waals surface area contributed by atoms with Crippen molar-refractivity contribution in [1.82, 2.24) is 9.55 Å². The van der Waals surface area contributed by atoms with Crippen LogP contribution in [0.3, 0.4) is 0 Å². The molecule has 0 spiro atoms. The summed E-state index contributed by atoms with van der Waals surface area (Å²) in [6.45, 7) is 1.95. The Hall–Kier alpha value is -1.79. The molecule has 1 aliphatic heterocycles. The minimum Gasteiger partial charge on any atom is -0.314 e. The van der Waals surface area contributed by atoms with E-state index in [-0.39, 0.29) is 11.8 Å². The Balaban J connectivity index is 1.70. The number of sulfone groups is 1. The molecule has 0 aliphatic carbocycles. The number of para-hydroxylation sites is 2. The second-order valence-corrected chi connectivity index (χ2v) is 8.83. The lowest BCUT2D eigenvalue weighted by molar-refractivity contribution is 0.559. The Morgan fingerprint density at radius 3 is 2.70 bits per heavy atom. The summed E-state index contributed by atoms with van der Waals surface area (Å²) in [5.74, 6) is 0.856. The summed E-state index contributed by atoms with van der Waals surface area (Å²) in [5, 5.41) is 0.912. The fraction of sp³-hybridized carbons (Fsp3) is 0.235. The number of hydrogen-bond acceptors (Lipinski definition) is 4. The third-order valence-corrected chi connectivity index (χ3v) is 7.04. The topological polar surface area (TPSA) is 52.0 Å². The van der Waals surface area contributed by atoms with Gasteiger partial charge in [0, 0.05) is 5.75 Å². The van der Waals surface area contributed by atoms with Gasteiger partial charge in [-0.1, -0.05) is 41.6 Å². The van der Waals surface area contributed by atoms with Crippen LogP contribution in [0.25, 0.3) is 11.0 Å². The van der Waals surface area contributed by atoms with Gasteiger partial charge in [-0.15, -0.1) is 0 Å². The van der Waals surface area contributed by atoms with E-state index in [0.29, 0.717) is 4.90 Å². The monoisotopic (exact) mass is 344 g/mol. The molecule has 0 N–H and O–H groups in total. The highest BCUT2D eigenvalue weighted by atomic mass is 32.2. The van der Waals surface area contributed by atoms with Crippen LogP contribution in [0.1, 0.15) is 11.6 Å². The maximum absolute atomic E-state index is 12.7. The third-order valence-electron chi connectivity index (χ3n) is 4.13. The fourth-order valence-corrected chi connectivity index (χ4v) is 5.76. The minimum absolute atomic E-state index is 0.0753. The third kappa shape index (κ3) is 2.56. The zero-order valence-corrected chi connectivity index (χ0v) is 14.3. The van der Waals surface area contributed by atoms with Gasteiger partial charge in [-0.25, -0.2) is 13.4 Å². The smallest absolute Gasteiger partial charge is 0.180 e. The van der Waals surface area contributed by atoms with E-state index in [4.69, 9.17) is 0 Å². The maximum atomic E-state index is 12.7. The molecule has 2 aromatic carbocycles. The van der Waals surface area contributed by atoms with Crippen LogP contribution in [0.15, 0.2) is 58.6 Å². The number of rotatable bonds is 3. The largest absolute Gasteiger partial charge is 0.314 e. The first-order chi connectivity index (χ1) is 11.0. The normalized spacial score (nSPS) is 17.5. The molecule has 0 bridgehead atoms. The average Bonchev–Trinajstić information content (AvgIpc) is 3.07. The van der Waals surface area contributed by atoms with Gasteiger partial charge in [0.05, 0.1) is 27.7 Å². The molecule has 2 heterocycles. The van der Waals surface area contributed by atoms with Crippen molar-refractivity contribution in [2.75, 3.05) is 11.5 Å². The molecule has 1 atom stereocenters. The van der Waals surface area contributed by atoms with Crippen molar-refractivity contribution >= 4 is 32.6 Å². The molecule has 0 unspecified atom stereocenters. The van der Waals surface area contributed by atoms with Crippen LogP contribution in [0.5, 0.6) is 0 Å². The Bertz CT molecular complexity index is 976. The summed E-state index contributed by atoms with van der Waals surface area (Å²) in [7, 11) is -3.31. The van der Waals surface area contributed by atoms with Crippen LogP contribution in [0, 0.1) is 6.92 Å². The maximum Gasteiger partial charge on any atom is 0.180 e. The van der Waals surface area contributed by atoms with E-state index in [1.807, 2.05) is 43.3 Å². The summed E-state index contributed by atoms with van der Waals surface area (Å²) >= 11 is 1.63. The lowest BCUT2D eigenvalue weighted by atomic mass is 10.2. The Kier molecular flexibility index (Phi) is 3.46. The predicted molar refractivity (Wildman–Crippen MR) is 92.7 cm³/mol. The van der Waals surface area contributed by atoms with Crippen molar-refractivity contribution in [2.45, 2.75) is 23.0 Å². The molecule has 0 fully saturated rings. The van der Waals surface area contributed by atoms with Gasteiger partial charge in [-0.05, 0) is 31.2 Å². The summed E-state index contributed by atoms with van der Waals surface area (Å²) in [4.78, 5) is 4.98. The first-order valence-electron chi connectivity index (χ1n) is 7.44. The van der Waals surface area contributed by atoms with E-state index in [1.165, 1.54) is 0 Å². The molecule has 0 saturated heterocycles. The van der Waals surface area contributed by atoms with Gasteiger partial charge in [-0.2, -0.15) is 0 Å². The summed E-state index contributed by atoms with van der Waals surface area (Å²) in [6.07, 6.45) is 0. The molecular formula is C17H16N2O2S2. The number of aryl methyl sites for hydroxylation is 1. The van der Waals surface area contributed by atoms with Crippen molar-refractivity contribution in [2.24, 2.45) is 0 Å². The van der Waals surface area contributed by atoms with Crippen LogP contribution < -0.4 is 0 Å². The van der Waals surface area contributed by atoms with E-state index >= 15 is 0 Å². The van der Waals surface area contributed by atoms with Crippen LogP contribution in [-0.2, 0) is 9.84 Å². The van der Waals surface area contributed by atoms with Crippen LogP contribution in [0.2, 0.25) is 0 Å². The van der Waals surface area contributed by atoms with Gasteiger partial charge < -0.3 is 4.57 Å². The molecule has 0 saturated carbocycles. The molecule has 4 nitrogen and oxygen atoms in total. The highest BCUT2D eigenvalue weighted by Crippen LogP contribution is 2.37. The van der Waals surface area contributed by atoms with E-state index in [9.17, 15) is 8.42 Å². The minimum atomic E-state index is -3.31. The molecule has 118 valence electrons. The van der Waals surface area contributed by atoms with Gasteiger partial charge >= 0.3 is 0 Å². The van der Waals surface area contributed by atoms with Gasteiger partial charge in [0.15, 0.2) is 15.0 Å². The molecule has 0 radical (unpaired) electrons. The van der Waals surface area contributed by atoms with Crippen molar-refractivity contribution in [3.63, 3.8) is 0 Å². The SMILES string of the molecule is Cc1ccc(S(=O)(=O)C[C@@H]2CSc3nc4ccccc4n32)cc1. The molecule has 6 heteroatoms. The molecule has 0 amide bonds. The van der Waals surface area contributed by atoms with Crippen molar-refractivity contribution < 1.29 is 8.42 Å². The van der Waals surface area contributed by atoms with E-state index in [0.717, 1.165) is 27.5 Å². The molecule has 3 aromatic rings. The molecule has 1 aromatic heterocycles. The second kappa shape index (κ2) is 5.39. The summed E-state index contributed by atoms with van der Waals surface area (Å²) in [5.41, 5.74) is 2.99. The van der Waals surface area contributed by atoms with Gasteiger partial charge in [-0.3, -0.25) is 0 Å². The van der Waals surface area contributed by atoms with Crippen LogP contribution in [-0.4, -0.2) is 29.5 Å². The van der Waals surface area contributed by atoms with Gasteiger partial charge in [0.1, 0.15) is 0 Å². The number of thioether (sulfide) groups is 1. The van der Waals surface area contributed by atoms with Crippen LogP contribution in [0.4, 0.5) is 0 Å². The van der Waals surface area contributed by atoms with E-state index in [1.54, 1.807) is 23.9 Å². The number of aromatic nitrogens is 2. The quantitative estimate of drug-likeness (QED) is 0.730. The van der Waals surface area contributed by atoms with Crippen LogP contribution >= 0.6 is 11.8 Å². The van der Waals surface area contributed by atoms with Crippen molar-refractivity contribution in [3.8, 4) is 0 Å². The molecular weight excluding hydrogens is 328 g/mol. The van der Waals surface area contributed by atoms with Gasteiger partial charge in [0.25, 0.3) is 0 Å². The van der Waals surface area contributed by atoms with E-state index < -0.39 is 9.84 Å². The van der Waals surface area contributed by atoms with Crippen molar-refractivity contribution in [1.29, 1.82) is 0 Å². The van der Waals surface area contributed by atoms with Crippen molar-refractivity contribution in [3.05, 3.63) is 54.1 Å². The zero-order valence-electron chi connectivity index (χ0n) is 12.6. The highest BCUT2D eigenvalue weighted by Gasteiger charge is 2.31. The Morgan fingerprint density at radius 2 is 1.91 bits per heavy atom. The standard InChI is InChI=1S/C17H16N2O2S2/c1-12-6-8-14(9-7-12)23(20,21)11-13-10-22-17-18-15-4-2-3-5-16(15)19(13)17/h2-9,13H,10-11H2,1H3/t13-/m0/s1. The lowest BCUT2D eigenvalue weighted by Crippen LogP contribution is -2.19. The number of hydrogen-bond donors (Lipinski definition) is 0. The first-order valence-corrected chi connectivity index (χ1v) is 10.1. The highest BCUT2D eigenvalue weighted by molar-refractivity contribution is 7.99. The summed E-state index contributed by atoms with van der Waals surface area (Å²) < 4.78 is 27.5. The summed E-state index contributed by atoms with van der Waals surface area (Å²) in [6, 6.07) is 14.9. The number of fused-ring (bicyclic) bond motifs is 3.